The van der Waals surface area contributed by atoms with Gasteiger partial charge < -0.3 is 4.57 Å². The van der Waals surface area contributed by atoms with Crippen molar-refractivity contribution in [2.24, 2.45) is 0 Å². The molecule has 3 aromatic rings. The van der Waals surface area contributed by atoms with Crippen LogP contribution in [0.15, 0.2) is 67.2 Å². The van der Waals surface area contributed by atoms with Crippen LogP contribution in [-0.2, 0) is 0 Å². The quantitative estimate of drug-likeness (QED) is 0.594. The highest BCUT2D eigenvalue weighted by atomic mass is 15.0. The molecule has 0 saturated carbocycles. The van der Waals surface area contributed by atoms with E-state index in [9.17, 15) is 0 Å². The second kappa shape index (κ2) is 7.05. The molecule has 0 aliphatic heterocycles. The van der Waals surface area contributed by atoms with Gasteiger partial charge in [0.05, 0.1) is 22.7 Å². The number of aromatic nitrogens is 3. The van der Waals surface area contributed by atoms with Crippen LogP contribution in [0.1, 0.15) is 26.7 Å². The molecule has 0 N–H and O–H groups in total. The first-order valence-corrected chi connectivity index (χ1v) is 8.09. The highest BCUT2D eigenvalue weighted by Crippen LogP contribution is 2.30. The molecule has 0 atom stereocenters. The van der Waals surface area contributed by atoms with Crippen LogP contribution in [0.2, 0.25) is 0 Å². The maximum Gasteiger partial charge on any atom is 0.116 e. The van der Waals surface area contributed by atoms with Crippen molar-refractivity contribution >= 4 is 27.6 Å². The van der Waals surface area contributed by atoms with Crippen molar-refractivity contribution in [1.29, 1.82) is 0 Å². The molecule has 3 nitrogen and oxygen atoms in total. The van der Waals surface area contributed by atoms with E-state index in [1.54, 1.807) is 6.33 Å². The normalized spacial score (nSPS) is 13.0. The molecule has 3 heteroatoms. The molecule has 2 aromatic heterocycles. The third-order valence-electron chi connectivity index (χ3n) is 3.76. The average molecular weight is 303 g/mol. The van der Waals surface area contributed by atoms with E-state index in [1.165, 1.54) is 0 Å². The minimum absolute atomic E-state index is 0.992. The number of rotatable bonds is 5. The van der Waals surface area contributed by atoms with Crippen LogP contribution in [-0.4, -0.2) is 14.5 Å². The zero-order valence-electron chi connectivity index (χ0n) is 13.6. The van der Waals surface area contributed by atoms with Gasteiger partial charge in [-0.05, 0) is 31.1 Å². The number of allylic oxidation sites excluding steroid dienone is 6. The maximum atomic E-state index is 4.49. The first-order valence-electron chi connectivity index (χ1n) is 8.09. The first kappa shape index (κ1) is 15.2. The van der Waals surface area contributed by atoms with E-state index in [2.05, 4.69) is 83.0 Å². The minimum Gasteiger partial charge on any atom is -0.306 e. The lowest BCUT2D eigenvalue weighted by molar-refractivity contribution is 1.16. The Bertz CT molecular complexity index is 844. The predicted molar refractivity (Wildman–Crippen MR) is 98.2 cm³/mol. The highest BCUT2D eigenvalue weighted by Gasteiger charge is 2.12. The zero-order chi connectivity index (χ0) is 16.1. The third kappa shape index (κ3) is 2.95. The predicted octanol–water partition coefficient (Wildman–Crippen LogP) is 5.36. The number of nitrogens with zero attached hydrogens (tertiary/aromatic N) is 3. The Hall–Kier alpha value is -2.68. The summed E-state index contributed by atoms with van der Waals surface area (Å²) < 4.78 is 2.23. The first-order chi connectivity index (χ1) is 11.4. The fourth-order valence-electron chi connectivity index (χ4n) is 2.72. The second-order valence-corrected chi connectivity index (χ2v) is 5.35. The molecule has 0 spiro atoms. The highest BCUT2D eigenvalue weighted by molar-refractivity contribution is 6.08. The van der Waals surface area contributed by atoms with Crippen molar-refractivity contribution in [3.8, 4) is 0 Å². The summed E-state index contributed by atoms with van der Waals surface area (Å²) in [5.74, 6) is 0. The van der Waals surface area contributed by atoms with E-state index in [1.807, 2.05) is 6.20 Å². The van der Waals surface area contributed by atoms with Crippen molar-refractivity contribution in [1.82, 2.24) is 14.5 Å². The van der Waals surface area contributed by atoms with Gasteiger partial charge in [0.2, 0.25) is 0 Å². The van der Waals surface area contributed by atoms with E-state index in [4.69, 9.17) is 0 Å². The molecule has 0 radical (unpaired) electrons. The summed E-state index contributed by atoms with van der Waals surface area (Å²) in [6, 6.07) is 8.36. The lowest BCUT2D eigenvalue weighted by Crippen LogP contribution is -1.95. The Labute approximate surface area is 136 Å². The van der Waals surface area contributed by atoms with Gasteiger partial charge in [-0.3, -0.25) is 0 Å². The molecule has 23 heavy (non-hydrogen) atoms. The van der Waals surface area contributed by atoms with E-state index >= 15 is 0 Å². The summed E-state index contributed by atoms with van der Waals surface area (Å²) in [6.07, 6.45) is 16.3. The van der Waals surface area contributed by atoms with Crippen LogP contribution < -0.4 is 0 Å². The molecule has 0 fully saturated rings. The van der Waals surface area contributed by atoms with Gasteiger partial charge in [0, 0.05) is 11.1 Å². The van der Waals surface area contributed by atoms with Crippen LogP contribution in [0.3, 0.4) is 0 Å². The van der Waals surface area contributed by atoms with Gasteiger partial charge in [-0.15, -0.1) is 0 Å². The largest absolute Gasteiger partial charge is 0.306 e. The summed E-state index contributed by atoms with van der Waals surface area (Å²) in [4.78, 5) is 8.71. The van der Waals surface area contributed by atoms with Crippen molar-refractivity contribution in [2.45, 2.75) is 26.7 Å². The molecule has 2 heterocycles. The Balaban J connectivity index is 2.31. The molecule has 0 amide bonds. The average Bonchev–Trinajstić information content (AvgIpc) is 2.93. The summed E-state index contributed by atoms with van der Waals surface area (Å²) in [5, 5.41) is 1.15. The molecule has 3 rings (SSSR count). The number of benzene rings is 1. The SMILES string of the molecule is CC\C=C/C=C(\C=C/CC)n1c2ccccc2c2ncncc21. The number of fused-ring (bicyclic) bond motifs is 3. The third-order valence-corrected chi connectivity index (χ3v) is 3.76. The van der Waals surface area contributed by atoms with Gasteiger partial charge in [-0.1, -0.05) is 50.3 Å². The molecule has 1 aromatic carbocycles. The van der Waals surface area contributed by atoms with Gasteiger partial charge in [-0.25, -0.2) is 9.97 Å². The minimum atomic E-state index is 0.992. The fourth-order valence-corrected chi connectivity index (χ4v) is 2.72. The monoisotopic (exact) mass is 303 g/mol. The van der Waals surface area contributed by atoms with Crippen molar-refractivity contribution < 1.29 is 0 Å². The molecular formula is C20H21N3. The summed E-state index contributed by atoms with van der Waals surface area (Å²) in [7, 11) is 0. The van der Waals surface area contributed by atoms with Crippen LogP contribution in [0.4, 0.5) is 0 Å². The lowest BCUT2D eigenvalue weighted by atomic mass is 10.2. The summed E-state index contributed by atoms with van der Waals surface area (Å²) in [5.41, 5.74) is 4.30. The second-order valence-electron chi connectivity index (χ2n) is 5.35. The van der Waals surface area contributed by atoms with Gasteiger partial charge in [0.15, 0.2) is 0 Å². The van der Waals surface area contributed by atoms with Crippen LogP contribution >= 0.6 is 0 Å². The number of hydrogen-bond acceptors (Lipinski definition) is 2. The van der Waals surface area contributed by atoms with Gasteiger partial charge in [0.25, 0.3) is 0 Å². The Morgan fingerprint density at radius 3 is 2.74 bits per heavy atom. The molecule has 0 aliphatic rings. The lowest BCUT2D eigenvalue weighted by Gasteiger charge is -2.08. The van der Waals surface area contributed by atoms with Crippen molar-refractivity contribution in [3.05, 3.63) is 67.2 Å². The Morgan fingerprint density at radius 2 is 1.91 bits per heavy atom. The Morgan fingerprint density at radius 1 is 1.09 bits per heavy atom. The van der Waals surface area contributed by atoms with Crippen molar-refractivity contribution in [2.75, 3.05) is 0 Å². The van der Waals surface area contributed by atoms with Gasteiger partial charge >= 0.3 is 0 Å². The smallest absolute Gasteiger partial charge is 0.116 e. The summed E-state index contributed by atoms with van der Waals surface area (Å²) in [6.45, 7) is 4.28. The van der Waals surface area contributed by atoms with E-state index in [0.29, 0.717) is 0 Å². The maximum absolute atomic E-state index is 4.49. The summed E-state index contributed by atoms with van der Waals surface area (Å²) >= 11 is 0. The molecule has 0 aliphatic carbocycles. The van der Waals surface area contributed by atoms with Gasteiger partial charge in [0.1, 0.15) is 6.33 Å². The molecular weight excluding hydrogens is 282 g/mol. The molecule has 0 unspecified atom stereocenters. The molecule has 0 bridgehead atoms. The van der Waals surface area contributed by atoms with E-state index in [-0.39, 0.29) is 0 Å². The standard InChI is InChI=1S/C20H21N3/c1-3-5-7-11-16(10-6-4-2)23-18-13-9-8-12-17(18)20-19(23)14-21-15-22-20/h5-15H,3-4H2,1-2H3/b7-5-,10-6-,16-11+. The zero-order valence-corrected chi connectivity index (χ0v) is 13.6. The fraction of sp³-hybridized carbons (Fsp3) is 0.200. The van der Waals surface area contributed by atoms with Crippen molar-refractivity contribution in [3.63, 3.8) is 0 Å². The molecule has 0 saturated heterocycles. The number of hydrogen-bond donors (Lipinski definition) is 0. The van der Waals surface area contributed by atoms with Crippen LogP contribution in [0.25, 0.3) is 27.6 Å². The van der Waals surface area contributed by atoms with E-state index < -0.39 is 0 Å². The van der Waals surface area contributed by atoms with Crippen LogP contribution in [0, 0.1) is 0 Å². The number of para-hydroxylation sites is 1. The topological polar surface area (TPSA) is 30.7 Å². The molecule has 116 valence electrons. The van der Waals surface area contributed by atoms with E-state index in [0.717, 1.165) is 40.5 Å². The van der Waals surface area contributed by atoms with Gasteiger partial charge in [-0.2, -0.15) is 0 Å². The Kier molecular flexibility index (Phi) is 4.67. The van der Waals surface area contributed by atoms with Crippen LogP contribution in [0.5, 0.6) is 0 Å².